The van der Waals surface area contributed by atoms with Crippen LogP contribution in [0.25, 0.3) is 0 Å². The second-order valence-corrected chi connectivity index (χ2v) is 28.2. The van der Waals surface area contributed by atoms with Gasteiger partial charge in [-0.1, -0.05) is 31.7 Å². The number of ether oxygens (including phenoxy) is 11. The van der Waals surface area contributed by atoms with Gasteiger partial charge in [-0.3, -0.25) is 13.2 Å². The second kappa shape index (κ2) is 25.2. The van der Waals surface area contributed by atoms with E-state index in [4.69, 9.17) is 56.3 Å². The molecule has 0 amide bonds. The van der Waals surface area contributed by atoms with Crippen molar-refractivity contribution in [1.29, 1.82) is 0 Å². The van der Waals surface area contributed by atoms with Crippen molar-refractivity contribution in [1.82, 2.24) is 0 Å². The summed E-state index contributed by atoms with van der Waals surface area (Å²) in [7, 11) is -10.1. The monoisotopic (exact) mass is 1230 g/mol. The van der Waals surface area contributed by atoms with Gasteiger partial charge in [-0.2, -0.15) is 0 Å². The molecule has 11 rings (SSSR count). The smallest absolute Gasteiger partial charge is 0.726 e. The Bertz CT molecular complexity index is 2630. The fourth-order valence-corrected chi connectivity index (χ4v) is 16.6. The van der Waals surface area contributed by atoms with Gasteiger partial charge in [0.2, 0.25) is 20.8 Å². The number of allylic oxidation sites excluding steroid dienone is 1. The molecule has 0 aromatic rings. The van der Waals surface area contributed by atoms with Crippen LogP contribution in [0.4, 0.5) is 0 Å². The van der Waals surface area contributed by atoms with Crippen LogP contribution in [0, 0.1) is 11.8 Å². The molecule has 0 spiro atoms. The standard InChI is InChI=1S/C56H84O23S2.2Na/c1-9-11-30(51(58)59)13-16-52(4,60)50-29(3)20-39-38(74-50)26-46-56(8,77-39)49(57)48-42(73-46)24-41-47(75-48)28(2)12-17-54(6)44(72-41)27-43-55(7,79-54)18-14-31-32(71-43)21-34-33(68-31)22-35-36(69-34)23-40-37(70-35)25-45(78-81(64,65)66)53(5,76-40)15-10-19-67-80(61,62)63;;/h9,13,16,28,30-50,57,60H,1,3,10-12,14-15,17-27H2,2,4-8H3,(H,58,59)(H,61,62,63)(H,64,65,66);;/q;2*+1/p-2/b16-13+;;/t28-,30-,31?,32?,33?,34?,35?,36?,37?,38?,39?,40?,41?,42?,43?,44?,45?,46?,47?,48?,49?,50?,52+,53+,54-,55+,56-;;/m0../s1. The number of hydrogen-bond acceptors (Lipinski definition) is 22. The first kappa shape index (κ1) is 67.3. The first-order valence-electron chi connectivity index (χ1n) is 29.1. The fourth-order valence-electron chi connectivity index (χ4n) is 15.7. The van der Waals surface area contributed by atoms with Crippen LogP contribution in [-0.4, -0.2) is 204 Å². The van der Waals surface area contributed by atoms with E-state index < -0.39 is 153 Å². The maximum Gasteiger partial charge on any atom is 1.00 e. The summed E-state index contributed by atoms with van der Waals surface area (Å²) in [6.45, 7) is 18.9. The topological polar surface area (TPSA) is 312 Å². The van der Waals surface area contributed by atoms with Gasteiger partial charge in [-0.05, 0) is 97.5 Å². The van der Waals surface area contributed by atoms with Crippen molar-refractivity contribution in [2.24, 2.45) is 11.8 Å². The first-order valence-corrected chi connectivity index (χ1v) is 31.8. The van der Waals surface area contributed by atoms with E-state index in [0.717, 1.165) is 6.42 Å². The largest absolute Gasteiger partial charge is 1.00 e. The molecule has 0 radical (unpaired) electrons. The van der Waals surface area contributed by atoms with E-state index in [1.807, 2.05) is 6.92 Å². The summed E-state index contributed by atoms with van der Waals surface area (Å²) in [6.07, 6.45) is -0.352. The van der Waals surface area contributed by atoms with E-state index in [9.17, 15) is 46.1 Å². The molecule has 11 heterocycles. The maximum absolute atomic E-state index is 12.3. The van der Waals surface area contributed by atoms with Gasteiger partial charge < -0.3 is 76.5 Å². The molecule has 11 fully saturated rings. The molecule has 20 unspecified atom stereocenters. The molecule has 23 nitrogen and oxygen atoms in total. The second-order valence-electron chi connectivity index (χ2n) is 26.2. The molecule has 3 N–H and O–H groups in total. The van der Waals surface area contributed by atoms with Gasteiger partial charge in [0, 0.05) is 44.9 Å². The van der Waals surface area contributed by atoms with E-state index in [0.29, 0.717) is 69.8 Å². The third kappa shape index (κ3) is 13.8. The van der Waals surface area contributed by atoms with Crippen molar-refractivity contribution in [2.75, 3.05) is 6.61 Å². The third-order valence-corrected chi connectivity index (χ3v) is 21.1. The molecule has 0 aromatic heterocycles. The third-order valence-electron chi connectivity index (χ3n) is 20.2. The Labute approximate surface area is 531 Å². The average Bonchev–Trinajstić information content (AvgIpc) is 2.83. The number of hydrogen-bond donors (Lipinski definition) is 3. The predicted octanol–water partition coefficient (Wildman–Crippen LogP) is -2.08. The number of rotatable bonds is 13. The van der Waals surface area contributed by atoms with E-state index in [-0.39, 0.29) is 127 Å². The number of fused-ring (bicyclic) bond motifs is 10. The predicted molar refractivity (Wildman–Crippen MR) is 279 cm³/mol. The fraction of sp³-hybridized carbons (Fsp3) is 0.875. The molecule has 0 aromatic carbocycles. The van der Waals surface area contributed by atoms with Crippen molar-refractivity contribution in [3.8, 4) is 0 Å². The number of carboxylic acid groups (broad SMARTS) is 1. The van der Waals surface area contributed by atoms with Crippen LogP contribution < -0.4 is 59.1 Å². The minimum Gasteiger partial charge on any atom is -0.726 e. The summed E-state index contributed by atoms with van der Waals surface area (Å²) in [4.78, 5) is 11.9. The molecular formula is C56H82Na2O23S2. The molecule has 0 saturated carbocycles. The quantitative estimate of drug-likeness (QED) is 0.0586. The minimum atomic E-state index is -5.17. The van der Waals surface area contributed by atoms with E-state index in [1.165, 1.54) is 18.2 Å². The van der Waals surface area contributed by atoms with Crippen LogP contribution in [0.2, 0.25) is 0 Å². The van der Waals surface area contributed by atoms with Gasteiger partial charge in [-0.15, -0.1) is 6.58 Å². The summed E-state index contributed by atoms with van der Waals surface area (Å²) in [5.74, 6) is -1.86. The maximum atomic E-state index is 12.3. The molecule has 27 atom stereocenters. The molecule has 0 aliphatic carbocycles. The van der Waals surface area contributed by atoms with E-state index in [2.05, 4.69) is 38.1 Å². The Morgan fingerprint density at radius 2 is 1.28 bits per heavy atom. The summed E-state index contributed by atoms with van der Waals surface area (Å²) in [5, 5.41) is 33.7. The Morgan fingerprint density at radius 3 is 1.90 bits per heavy atom. The average molecular weight is 1230 g/mol. The molecule has 27 heteroatoms. The van der Waals surface area contributed by atoms with Gasteiger partial charge in [0.15, 0.2) is 0 Å². The number of carboxylic acids is 1. The zero-order chi connectivity index (χ0) is 58.0. The van der Waals surface area contributed by atoms with E-state index >= 15 is 0 Å². The Morgan fingerprint density at radius 1 is 0.723 bits per heavy atom. The van der Waals surface area contributed by atoms with Gasteiger partial charge in [0.25, 0.3) is 0 Å². The first-order chi connectivity index (χ1) is 37.9. The summed E-state index contributed by atoms with van der Waals surface area (Å²) in [5.41, 5.74) is -4.88. The van der Waals surface area contributed by atoms with Gasteiger partial charge in [0.1, 0.15) is 35.6 Å². The molecule has 458 valence electrons. The molecule has 11 aliphatic rings. The minimum absolute atomic E-state index is 0. The van der Waals surface area contributed by atoms with Crippen molar-refractivity contribution in [3.63, 3.8) is 0 Å². The van der Waals surface area contributed by atoms with Gasteiger partial charge in [0.05, 0.1) is 127 Å². The summed E-state index contributed by atoms with van der Waals surface area (Å²) < 4.78 is 154. The molecule has 11 saturated heterocycles. The number of aliphatic carboxylic acids is 1. The van der Waals surface area contributed by atoms with Gasteiger partial charge >= 0.3 is 65.1 Å². The zero-order valence-corrected chi connectivity index (χ0v) is 54.6. The SMILES string of the molecule is C=CC[C@@H](/C=C/[C@@](C)(O)C1OC2CC3OC4CC5OC6CC7OC8CC9OC%10CC%11O[C@](C)(CCCOS(=O)(=O)[O-])C(OS(=O)(=O)[O-])CC%11OC%10CC9OC8CC[C@@]7(C)O[C@@]6(C)CC[C@H](C)C5OC4C(O)[C@@]3(C)OC2CC1=C)C(=O)O.[Na+].[Na+]. The number of aliphatic hydroxyl groups excluding tert-OH is 1. The molecule has 11 aliphatic heterocycles. The molecular weight excluding hydrogens is 1150 g/mol. The van der Waals surface area contributed by atoms with Crippen LogP contribution in [0.15, 0.2) is 37.0 Å². The normalized spacial score (nSPS) is 48.7. The number of carbonyl (C=O) groups is 1. The van der Waals surface area contributed by atoms with Gasteiger partial charge in [-0.25, -0.2) is 16.8 Å². The summed E-state index contributed by atoms with van der Waals surface area (Å²) in [6, 6.07) is 0. The van der Waals surface area contributed by atoms with E-state index in [1.54, 1.807) is 13.8 Å². The van der Waals surface area contributed by atoms with Crippen LogP contribution in [0.5, 0.6) is 0 Å². The van der Waals surface area contributed by atoms with Crippen LogP contribution in [0.1, 0.15) is 138 Å². The zero-order valence-electron chi connectivity index (χ0n) is 49.0. The van der Waals surface area contributed by atoms with Crippen molar-refractivity contribution >= 4 is 26.8 Å². The van der Waals surface area contributed by atoms with Crippen molar-refractivity contribution < 1.29 is 166 Å². The van der Waals surface area contributed by atoms with Crippen LogP contribution >= 0.6 is 0 Å². The van der Waals surface area contributed by atoms with Crippen LogP contribution in [0.3, 0.4) is 0 Å². The summed E-state index contributed by atoms with van der Waals surface area (Å²) >= 11 is 0. The van der Waals surface area contributed by atoms with Crippen molar-refractivity contribution in [3.05, 3.63) is 37.0 Å². The Hall–Kier alpha value is -0.0900. The Balaban J connectivity index is 0.00000414. The number of aliphatic hydroxyl groups is 2. The molecule has 83 heavy (non-hydrogen) atoms. The van der Waals surface area contributed by atoms with Crippen LogP contribution in [-0.2, 0) is 86.1 Å². The van der Waals surface area contributed by atoms with Crippen molar-refractivity contribution in [2.45, 2.75) is 288 Å². The molecule has 0 bridgehead atoms. The Kier molecular flexibility index (Phi) is 20.4.